The molecule has 2 N–H and O–H groups in total. The summed E-state index contributed by atoms with van der Waals surface area (Å²) in [6, 6.07) is 14.5. The number of carbonyl (C=O) groups excluding carboxylic acids is 1. The Bertz CT molecular complexity index is 1360. The molecule has 0 unspecified atom stereocenters. The molecule has 1 aliphatic heterocycles. The molecule has 2 aromatic carbocycles. The maximum Gasteiger partial charge on any atom is 0.281 e. The highest BCUT2D eigenvalue weighted by Crippen LogP contribution is 2.36. The van der Waals surface area contributed by atoms with E-state index < -0.39 is 16.1 Å². The Labute approximate surface area is 223 Å². The van der Waals surface area contributed by atoms with E-state index in [9.17, 15) is 18.3 Å². The van der Waals surface area contributed by atoms with Crippen LogP contribution >= 0.6 is 0 Å². The molecule has 0 fully saturated rings. The second kappa shape index (κ2) is 11.5. The lowest BCUT2D eigenvalue weighted by Crippen LogP contribution is -2.49. The molecule has 3 aromatic rings. The average molecular weight is 542 g/mol. The van der Waals surface area contributed by atoms with Crippen LogP contribution in [0.4, 0.5) is 5.69 Å². The van der Waals surface area contributed by atoms with Crippen LogP contribution in [0, 0.1) is 5.92 Å². The van der Waals surface area contributed by atoms with Crippen molar-refractivity contribution >= 4 is 21.6 Å². The molecule has 2 heterocycles. The molecular weight excluding hydrogens is 506 g/mol. The predicted molar refractivity (Wildman–Crippen MR) is 144 cm³/mol. The van der Waals surface area contributed by atoms with Crippen LogP contribution in [0.15, 0.2) is 66.1 Å². The Hall–Kier alpha value is -3.41. The normalized spacial score (nSPS) is 18.9. The predicted octanol–water partition coefficient (Wildman–Crippen LogP) is 2.57. The zero-order valence-corrected chi connectivity index (χ0v) is 22.9. The Morgan fingerprint density at radius 3 is 2.61 bits per heavy atom. The van der Waals surface area contributed by atoms with Crippen molar-refractivity contribution < 1.29 is 23.1 Å². The number of carbonyl (C=O) groups is 1. The second-order valence-corrected chi connectivity index (χ2v) is 11.6. The molecular formula is C27H35N5O5S. The molecule has 10 nitrogen and oxygen atoms in total. The SMILES string of the molecule is C[C@@H]1CN([C@H](C)CO)C(=O)c2cccc(NS(=O)(=O)c3cn(C)cn3)c2O[C@@H]1CN(C)Cc1ccccc1. The summed E-state index contributed by atoms with van der Waals surface area (Å²) in [5.74, 6) is -0.278. The average Bonchev–Trinajstić information content (AvgIpc) is 3.34. The topological polar surface area (TPSA) is 117 Å². The standard InChI is InChI=1S/C27H35N5O5S/c1-19-13-32(20(2)17-33)27(34)22-11-8-12-23(29-38(35,36)25-16-31(4)18-28-25)26(22)37-24(19)15-30(3)14-21-9-6-5-7-10-21/h5-12,16,18-20,24,29,33H,13-15,17H2,1-4H3/t19-,20-,24-/m1/s1. The number of nitrogens with zero attached hydrogens (tertiary/aromatic N) is 4. The number of benzene rings is 2. The van der Waals surface area contributed by atoms with Gasteiger partial charge in [0.1, 0.15) is 6.10 Å². The first-order chi connectivity index (χ1) is 18.1. The van der Waals surface area contributed by atoms with E-state index in [2.05, 4.69) is 26.7 Å². The van der Waals surface area contributed by atoms with Crippen LogP contribution < -0.4 is 9.46 Å². The highest BCUT2D eigenvalue weighted by molar-refractivity contribution is 7.92. The van der Waals surface area contributed by atoms with Crippen LogP contribution in [0.2, 0.25) is 0 Å². The van der Waals surface area contributed by atoms with Crippen molar-refractivity contribution in [1.82, 2.24) is 19.4 Å². The molecule has 1 aromatic heterocycles. The van der Waals surface area contributed by atoms with Crippen LogP contribution in [0.5, 0.6) is 5.75 Å². The fourth-order valence-electron chi connectivity index (χ4n) is 4.53. The molecule has 1 aliphatic rings. The fraction of sp³-hybridized carbons (Fsp3) is 0.407. The van der Waals surface area contributed by atoms with Crippen molar-refractivity contribution in [2.75, 3.05) is 31.5 Å². The number of aromatic nitrogens is 2. The van der Waals surface area contributed by atoms with E-state index in [-0.39, 0.29) is 46.6 Å². The number of amides is 1. The molecule has 4 rings (SSSR count). The zero-order chi connectivity index (χ0) is 27.4. The van der Waals surface area contributed by atoms with Crippen LogP contribution in [0.1, 0.15) is 29.8 Å². The summed E-state index contributed by atoms with van der Waals surface area (Å²) in [7, 11) is -0.352. The minimum absolute atomic E-state index is 0.111. The first kappa shape index (κ1) is 27.6. The van der Waals surface area contributed by atoms with E-state index in [0.717, 1.165) is 5.56 Å². The van der Waals surface area contributed by atoms with E-state index in [4.69, 9.17) is 4.74 Å². The number of para-hydroxylation sites is 1. The molecule has 0 aliphatic carbocycles. The van der Waals surface area contributed by atoms with Gasteiger partial charge in [-0.05, 0) is 31.7 Å². The lowest BCUT2D eigenvalue weighted by atomic mass is 9.99. The van der Waals surface area contributed by atoms with Gasteiger partial charge in [-0.3, -0.25) is 14.4 Å². The Kier molecular flexibility index (Phi) is 8.39. The lowest BCUT2D eigenvalue weighted by molar-refractivity contribution is 0.0344. The van der Waals surface area contributed by atoms with Crippen molar-refractivity contribution in [2.45, 2.75) is 37.6 Å². The third-order valence-electron chi connectivity index (χ3n) is 6.68. The fourth-order valence-corrected chi connectivity index (χ4v) is 5.58. The van der Waals surface area contributed by atoms with Crippen LogP contribution in [0.25, 0.3) is 0 Å². The summed E-state index contributed by atoms with van der Waals surface area (Å²) >= 11 is 0. The third kappa shape index (κ3) is 6.17. The molecule has 1 amide bonds. The number of aliphatic hydroxyl groups is 1. The lowest BCUT2D eigenvalue weighted by Gasteiger charge is -2.38. The van der Waals surface area contributed by atoms with Crippen molar-refractivity contribution in [3.05, 3.63) is 72.2 Å². The molecule has 0 saturated heterocycles. The molecule has 0 bridgehead atoms. The molecule has 0 radical (unpaired) electrons. The third-order valence-corrected chi connectivity index (χ3v) is 7.93. The van der Waals surface area contributed by atoms with Crippen LogP contribution in [-0.4, -0.2) is 77.7 Å². The molecule has 0 saturated carbocycles. The van der Waals surface area contributed by atoms with Gasteiger partial charge in [0, 0.05) is 38.8 Å². The number of sulfonamides is 1. The zero-order valence-electron chi connectivity index (χ0n) is 22.1. The highest BCUT2D eigenvalue weighted by Gasteiger charge is 2.35. The first-order valence-electron chi connectivity index (χ1n) is 12.5. The second-order valence-electron chi connectivity index (χ2n) is 9.97. The number of ether oxygens (including phenoxy) is 1. The van der Waals surface area contributed by atoms with Crippen molar-refractivity contribution in [3.8, 4) is 5.75 Å². The number of hydrogen-bond donors (Lipinski definition) is 2. The van der Waals surface area contributed by atoms with E-state index >= 15 is 0 Å². The van der Waals surface area contributed by atoms with Gasteiger partial charge in [-0.2, -0.15) is 8.42 Å². The van der Waals surface area contributed by atoms with Crippen molar-refractivity contribution in [2.24, 2.45) is 13.0 Å². The summed E-state index contributed by atoms with van der Waals surface area (Å²) < 4.78 is 36.8. The van der Waals surface area contributed by atoms with Gasteiger partial charge >= 0.3 is 0 Å². The van der Waals surface area contributed by atoms with Crippen molar-refractivity contribution in [1.29, 1.82) is 0 Å². The summed E-state index contributed by atoms with van der Waals surface area (Å²) in [4.78, 5) is 21.4. The Balaban J connectivity index is 1.71. The van der Waals surface area contributed by atoms with Crippen LogP contribution in [0.3, 0.4) is 0 Å². The van der Waals surface area contributed by atoms with Gasteiger partial charge in [0.25, 0.3) is 15.9 Å². The smallest absolute Gasteiger partial charge is 0.281 e. The van der Waals surface area contributed by atoms with Gasteiger partial charge < -0.3 is 19.3 Å². The molecule has 204 valence electrons. The van der Waals surface area contributed by atoms with Crippen molar-refractivity contribution in [3.63, 3.8) is 0 Å². The maximum absolute atomic E-state index is 13.6. The van der Waals surface area contributed by atoms with E-state index in [1.165, 1.54) is 12.5 Å². The Morgan fingerprint density at radius 2 is 1.95 bits per heavy atom. The van der Waals surface area contributed by atoms with E-state index in [1.54, 1.807) is 41.6 Å². The summed E-state index contributed by atoms with van der Waals surface area (Å²) in [6.07, 6.45) is 2.43. The molecule has 11 heteroatoms. The number of likely N-dealkylation sites (N-methyl/N-ethyl adjacent to an activating group) is 1. The quantitative estimate of drug-likeness (QED) is 0.428. The number of fused-ring (bicyclic) bond motifs is 1. The van der Waals surface area contributed by atoms with Gasteiger partial charge in [-0.15, -0.1) is 0 Å². The Morgan fingerprint density at radius 1 is 1.21 bits per heavy atom. The summed E-state index contributed by atoms with van der Waals surface area (Å²) in [5.41, 5.74) is 1.54. The number of aliphatic hydroxyl groups excluding tert-OH is 1. The van der Waals surface area contributed by atoms with Gasteiger partial charge in [0.2, 0.25) is 0 Å². The molecule has 3 atom stereocenters. The van der Waals surface area contributed by atoms with Gasteiger partial charge in [0.15, 0.2) is 10.8 Å². The number of nitrogens with one attached hydrogen (secondary N) is 1. The van der Waals surface area contributed by atoms with E-state index in [0.29, 0.717) is 19.6 Å². The number of aryl methyl sites for hydroxylation is 1. The molecule has 38 heavy (non-hydrogen) atoms. The largest absolute Gasteiger partial charge is 0.486 e. The number of rotatable bonds is 9. The number of imidazole rings is 1. The minimum Gasteiger partial charge on any atom is -0.486 e. The van der Waals surface area contributed by atoms with E-state index in [1.807, 2.05) is 32.2 Å². The summed E-state index contributed by atoms with van der Waals surface area (Å²) in [5, 5.41) is 9.74. The van der Waals surface area contributed by atoms with Crippen LogP contribution in [-0.2, 0) is 23.6 Å². The monoisotopic (exact) mass is 541 g/mol. The first-order valence-corrected chi connectivity index (χ1v) is 14.0. The summed E-state index contributed by atoms with van der Waals surface area (Å²) in [6.45, 7) is 5.21. The maximum atomic E-state index is 13.6. The minimum atomic E-state index is -4.03. The molecule has 0 spiro atoms. The highest BCUT2D eigenvalue weighted by atomic mass is 32.2. The number of anilines is 1. The van der Waals surface area contributed by atoms with Gasteiger partial charge in [-0.1, -0.05) is 43.3 Å². The number of hydrogen-bond acceptors (Lipinski definition) is 7. The van der Waals surface area contributed by atoms with Gasteiger partial charge in [0.05, 0.1) is 30.2 Å². The van der Waals surface area contributed by atoms with Gasteiger partial charge in [-0.25, -0.2) is 4.98 Å².